The van der Waals surface area contributed by atoms with E-state index in [1.165, 1.54) is 19.3 Å². The Morgan fingerprint density at radius 3 is 2.81 bits per heavy atom. The molecule has 1 saturated heterocycles. The van der Waals surface area contributed by atoms with E-state index >= 15 is 0 Å². The molecule has 96 valence electrons. The molecule has 0 radical (unpaired) electrons. The Balaban J connectivity index is 2.37. The van der Waals surface area contributed by atoms with Crippen LogP contribution in [0.1, 0.15) is 39.5 Å². The maximum Gasteiger partial charge on any atom is 0.0616 e. The van der Waals surface area contributed by atoms with Gasteiger partial charge in [0.2, 0.25) is 0 Å². The summed E-state index contributed by atoms with van der Waals surface area (Å²) in [6, 6.07) is 0. The van der Waals surface area contributed by atoms with Crippen molar-refractivity contribution >= 4 is 0 Å². The molecule has 3 nitrogen and oxygen atoms in total. The van der Waals surface area contributed by atoms with Crippen molar-refractivity contribution in [3.05, 3.63) is 0 Å². The van der Waals surface area contributed by atoms with E-state index in [2.05, 4.69) is 19.2 Å². The fourth-order valence-electron chi connectivity index (χ4n) is 2.57. The van der Waals surface area contributed by atoms with Crippen molar-refractivity contribution in [3.8, 4) is 0 Å². The Bertz CT molecular complexity index is 187. The van der Waals surface area contributed by atoms with Crippen molar-refractivity contribution in [1.29, 1.82) is 0 Å². The number of nitrogens with one attached hydrogen (secondary N) is 1. The molecule has 1 heterocycles. The fraction of sp³-hybridized carbons (Fsp3) is 1.00. The predicted octanol–water partition coefficient (Wildman–Crippen LogP) is 2.21. The third-order valence-corrected chi connectivity index (χ3v) is 3.83. The van der Waals surface area contributed by atoms with Crippen molar-refractivity contribution < 1.29 is 9.47 Å². The van der Waals surface area contributed by atoms with E-state index in [0.29, 0.717) is 11.5 Å². The molecule has 2 atom stereocenters. The molecule has 1 N–H and O–H groups in total. The molecule has 1 rings (SSSR count). The van der Waals surface area contributed by atoms with Gasteiger partial charge in [0.1, 0.15) is 0 Å². The van der Waals surface area contributed by atoms with Crippen LogP contribution in [0.5, 0.6) is 0 Å². The summed E-state index contributed by atoms with van der Waals surface area (Å²) >= 11 is 0. The first-order valence-corrected chi connectivity index (χ1v) is 6.56. The first-order chi connectivity index (χ1) is 7.75. The van der Waals surface area contributed by atoms with Crippen molar-refractivity contribution in [2.45, 2.75) is 45.6 Å². The van der Waals surface area contributed by atoms with Crippen LogP contribution in [0, 0.1) is 5.41 Å². The summed E-state index contributed by atoms with van der Waals surface area (Å²) in [5.41, 5.74) is 0.365. The lowest BCUT2D eigenvalue weighted by molar-refractivity contribution is 0.0560. The monoisotopic (exact) mass is 229 g/mol. The van der Waals surface area contributed by atoms with E-state index in [9.17, 15) is 0 Å². The Labute approximate surface area is 99.9 Å². The van der Waals surface area contributed by atoms with Crippen molar-refractivity contribution in [2.24, 2.45) is 5.41 Å². The number of hydrogen-bond donors (Lipinski definition) is 1. The van der Waals surface area contributed by atoms with Crippen LogP contribution in [0.25, 0.3) is 0 Å². The molecule has 0 aliphatic carbocycles. The smallest absolute Gasteiger partial charge is 0.0616 e. The van der Waals surface area contributed by atoms with Gasteiger partial charge < -0.3 is 14.8 Å². The molecular formula is C13H27NO2. The summed E-state index contributed by atoms with van der Waals surface area (Å²) in [6.07, 6.45) is 5.26. The molecule has 1 aliphatic heterocycles. The maximum atomic E-state index is 5.75. The Hall–Kier alpha value is -0.120. The minimum absolute atomic E-state index is 0.365. The van der Waals surface area contributed by atoms with Gasteiger partial charge in [-0.05, 0) is 32.7 Å². The number of ether oxygens (including phenoxy) is 2. The molecule has 0 saturated carbocycles. The molecular weight excluding hydrogens is 202 g/mol. The number of rotatable bonds is 8. The first-order valence-electron chi connectivity index (χ1n) is 6.56. The highest BCUT2D eigenvalue weighted by atomic mass is 16.5. The molecule has 16 heavy (non-hydrogen) atoms. The van der Waals surface area contributed by atoms with Crippen LogP contribution in [0.15, 0.2) is 0 Å². The number of hydrogen-bond acceptors (Lipinski definition) is 3. The second-order valence-corrected chi connectivity index (χ2v) is 4.86. The first kappa shape index (κ1) is 13.9. The van der Waals surface area contributed by atoms with Crippen molar-refractivity contribution in [1.82, 2.24) is 5.32 Å². The largest absolute Gasteiger partial charge is 0.385 e. The van der Waals surface area contributed by atoms with Gasteiger partial charge in [-0.1, -0.05) is 13.3 Å². The highest BCUT2D eigenvalue weighted by molar-refractivity contribution is 4.91. The third-order valence-electron chi connectivity index (χ3n) is 3.83. The van der Waals surface area contributed by atoms with Gasteiger partial charge in [-0.15, -0.1) is 0 Å². The lowest BCUT2D eigenvalue weighted by Gasteiger charge is -2.32. The van der Waals surface area contributed by atoms with E-state index in [0.717, 1.165) is 32.7 Å². The zero-order valence-electron chi connectivity index (χ0n) is 11.1. The van der Waals surface area contributed by atoms with Crippen LogP contribution in [0.3, 0.4) is 0 Å². The second kappa shape index (κ2) is 7.25. The molecule has 0 aromatic carbocycles. The van der Waals surface area contributed by atoms with E-state index in [1.807, 2.05) is 0 Å². The number of methoxy groups -OCH3 is 1. The highest BCUT2D eigenvalue weighted by Gasteiger charge is 2.40. The Morgan fingerprint density at radius 2 is 2.25 bits per heavy atom. The van der Waals surface area contributed by atoms with Crippen LogP contribution in [-0.4, -0.2) is 39.5 Å². The summed E-state index contributed by atoms with van der Waals surface area (Å²) in [7, 11) is 1.77. The van der Waals surface area contributed by atoms with Crippen LogP contribution < -0.4 is 5.32 Å². The minimum Gasteiger partial charge on any atom is -0.385 e. The van der Waals surface area contributed by atoms with Gasteiger partial charge in [0.15, 0.2) is 0 Å². The summed E-state index contributed by atoms with van der Waals surface area (Å²) < 4.78 is 10.9. The summed E-state index contributed by atoms with van der Waals surface area (Å²) in [5, 5.41) is 3.49. The molecule has 1 fully saturated rings. The highest BCUT2D eigenvalue weighted by Crippen LogP contribution is 2.39. The Kier molecular flexibility index (Phi) is 6.32. The van der Waals surface area contributed by atoms with E-state index < -0.39 is 0 Å². The predicted molar refractivity (Wildman–Crippen MR) is 66.7 cm³/mol. The molecule has 2 unspecified atom stereocenters. The quantitative estimate of drug-likeness (QED) is 0.647. The van der Waals surface area contributed by atoms with E-state index in [4.69, 9.17) is 9.47 Å². The molecule has 3 heteroatoms. The maximum absolute atomic E-state index is 5.75. The van der Waals surface area contributed by atoms with Crippen LogP contribution in [0.4, 0.5) is 0 Å². The normalized spacial score (nSPS) is 29.8. The number of unbranched alkanes of at least 4 members (excludes halogenated alkanes) is 1. The topological polar surface area (TPSA) is 30.5 Å². The molecule has 1 aliphatic rings. The summed E-state index contributed by atoms with van der Waals surface area (Å²) in [5.74, 6) is 0. The van der Waals surface area contributed by atoms with Gasteiger partial charge in [-0.25, -0.2) is 0 Å². The second-order valence-electron chi connectivity index (χ2n) is 4.86. The van der Waals surface area contributed by atoms with E-state index in [1.54, 1.807) is 7.11 Å². The standard InChI is InChI=1S/C13H27NO2/c1-4-14-11-13(7-5-6-9-15-3)8-10-16-12(13)2/h12,14H,4-11H2,1-3H3. The Morgan fingerprint density at radius 1 is 1.44 bits per heavy atom. The van der Waals surface area contributed by atoms with Gasteiger partial charge in [0.05, 0.1) is 6.10 Å². The van der Waals surface area contributed by atoms with Gasteiger partial charge in [-0.2, -0.15) is 0 Å². The van der Waals surface area contributed by atoms with Gasteiger partial charge >= 0.3 is 0 Å². The van der Waals surface area contributed by atoms with Gasteiger partial charge in [-0.3, -0.25) is 0 Å². The molecule has 0 aromatic rings. The third kappa shape index (κ3) is 3.72. The van der Waals surface area contributed by atoms with Crippen LogP contribution in [0.2, 0.25) is 0 Å². The van der Waals surface area contributed by atoms with Gasteiger partial charge in [0, 0.05) is 32.3 Å². The minimum atomic E-state index is 0.365. The average molecular weight is 229 g/mol. The molecule has 0 aromatic heterocycles. The fourth-order valence-corrected chi connectivity index (χ4v) is 2.57. The summed E-state index contributed by atoms with van der Waals surface area (Å²) in [6.45, 7) is 8.34. The molecule has 0 bridgehead atoms. The molecule has 0 spiro atoms. The van der Waals surface area contributed by atoms with Crippen LogP contribution in [-0.2, 0) is 9.47 Å². The lowest BCUT2D eigenvalue weighted by Crippen LogP contribution is -2.39. The van der Waals surface area contributed by atoms with Crippen molar-refractivity contribution in [3.63, 3.8) is 0 Å². The zero-order chi connectivity index (χ0) is 11.9. The summed E-state index contributed by atoms with van der Waals surface area (Å²) in [4.78, 5) is 0. The van der Waals surface area contributed by atoms with Crippen molar-refractivity contribution in [2.75, 3.05) is 33.4 Å². The average Bonchev–Trinajstić information content (AvgIpc) is 2.64. The lowest BCUT2D eigenvalue weighted by atomic mass is 9.77. The van der Waals surface area contributed by atoms with E-state index in [-0.39, 0.29) is 0 Å². The SMILES string of the molecule is CCNCC1(CCCCOC)CCOC1C. The molecule has 0 amide bonds. The van der Waals surface area contributed by atoms with Gasteiger partial charge in [0.25, 0.3) is 0 Å². The zero-order valence-corrected chi connectivity index (χ0v) is 11.1. The van der Waals surface area contributed by atoms with Crippen LogP contribution >= 0.6 is 0 Å².